The molecule has 16 heavy (non-hydrogen) atoms. The summed E-state index contributed by atoms with van der Waals surface area (Å²) < 4.78 is 23.9. The topological polar surface area (TPSA) is 88.3 Å². The zero-order chi connectivity index (χ0) is 12.1. The summed E-state index contributed by atoms with van der Waals surface area (Å²) in [4.78, 5) is 13.4. The molecule has 1 aromatic heterocycles. The summed E-state index contributed by atoms with van der Waals surface area (Å²) in [6.45, 7) is -0.470. The first kappa shape index (κ1) is 12.2. The van der Waals surface area contributed by atoms with Gasteiger partial charge in [-0.3, -0.25) is 15.1 Å². The van der Waals surface area contributed by atoms with Crippen LogP contribution in [0, 0.1) is 10.1 Å². The molecule has 0 saturated carbocycles. The molecule has 1 aromatic rings. The Balaban J connectivity index is 2.70. The number of nitro groups is 1. The summed E-state index contributed by atoms with van der Waals surface area (Å²) in [7, 11) is 0. The Labute approximate surface area is 89.1 Å². The second-order valence-corrected chi connectivity index (χ2v) is 2.93. The molecular weight excluding hydrogens is 224 g/mol. The number of aliphatic hydroxyl groups excluding tert-OH is 1. The molecule has 0 fully saturated rings. The van der Waals surface area contributed by atoms with Gasteiger partial charge < -0.3 is 10.4 Å². The summed E-state index contributed by atoms with van der Waals surface area (Å²) in [6, 6.07) is 1.27. The van der Waals surface area contributed by atoms with Crippen LogP contribution in [0.25, 0.3) is 0 Å². The third-order valence-electron chi connectivity index (χ3n) is 1.79. The Kier molecular flexibility index (Phi) is 4.06. The van der Waals surface area contributed by atoms with Crippen molar-refractivity contribution in [2.45, 2.75) is 12.5 Å². The fourth-order valence-corrected chi connectivity index (χ4v) is 0.985. The van der Waals surface area contributed by atoms with Crippen LogP contribution >= 0.6 is 0 Å². The second-order valence-electron chi connectivity index (χ2n) is 2.93. The van der Waals surface area contributed by atoms with Gasteiger partial charge in [0.1, 0.15) is 18.0 Å². The number of hydrogen-bond acceptors (Lipinski definition) is 5. The predicted octanol–water partition coefficient (Wildman–Crippen LogP) is 1.03. The van der Waals surface area contributed by atoms with E-state index in [0.29, 0.717) is 0 Å². The molecule has 1 heterocycles. The highest BCUT2D eigenvalue weighted by molar-refractivity contribution is 5.59. The lowest BCUT2D eigenvalue weighted by molar-refractivity contribution is -0.384. The Morgan fingerprint density at radius 1 is 1.62 bits per heavy atom. The van der Waals surface area contributed by atoms with Gasteiger partial charge in [0, 0.05) is 12.7 Å². The number of halogens is 2. The number of nitrogens with zero attached hydrogens (tertiary/aromatic N) is 2. The van der Waals surface area contributed by atoms with Crippen LogP contribution in [0.5, 0.6) is 0 Å². The van der Waals surface area contributed by atoms with E-state index in [2.05, 4.69) is 10.3 Å². The molecular formula is C8H9F2N3O3. The van der Waals surface area contributed by atoms with Crippen LogP contribution < -0.4 is 5.32 Å². The second kappa shape index (κ2) is 5.31. The zero-order valence-electron chi connectivity index (χ0n) is 8.01. The number of rotatable bonds is 5. The SMILES string of the molecule is O=[N+]([O-])c1cnccc1NCC(O)C(F)F. The standard InChI is InChI=1S/C8H9F2N3O3/c9-8(10)7(14)4-12-5-1-2-11-3-6(5)13(15)16/h1-3,7-8,14H,4H2,(H,11,12). The van der Waals surface area contributed by atoms with Crippen LogP contribution in [0.4, 0.5) is 20.2 Å². The molecule has 0 aliphatic heterocycles. The summed E-state index contributed by atoms with van der Waals surface area (Å²) in [5.41, 5.74) is -0.288. The fourth-order valence-electron chi connectivity index (χ4n) is 0.985. The number of nitrogens with one attached hydrogen (secondary N) is 1. The maximum absolute atomic E-state index is 12.0. The fraction of sp³-hybridized carbons (Fsp3) is 0.375. The Morgan fingerprint density at radius 3 is 2.88 bits per heavy atom. The first-order valence-electron chi connectivity index (χ1n) is 4.31. The highest BCUT2D eigenvalue weighted by atomic mass is 19.3. The number of alkyl halides is 2. The first-order chi connectivity index (χ1) is 7.52. The van der Waals surface area contributed by atoms with Crippen LogP contribution in [-0.4, -0.2) is 34.1 Å². The van der Waals surface area contributed by atoms with Crippen LogP contribution in [-0.2, 0) is 0 Å². The molecule has 0 aromatic carbocycles. The van der Waals surface area contributed by atoms with Crippen molar-refractivity contribution in [2.24, 2.45) is 0 Å². The lowest BCUT2D eigenvalue weighted by Crippen LogP contribution is -2.27. The maximum Gasteiger partial charge on any atom is 0.310 e. The Hall–Kier alpha value is -1.83. The molecule has 1 rings (SSSR count). The zero-order valence-corrected chi connectivity index (χ0v) is 8.01. The van der Waals surface area contributed by atoms with Gasteiger partial charge in [0.2, 0.25) is 0 Å². The molecule has 0 aliphatic carbocycles. The highest BCUT2D eigenvalue weighted by Gasteiger charge is 2.19. The number of anilines is 1. The van der Waals surface area contributed by atoms with E-state index >= 15 is 0 Å². The van der Waals surface area contributed by atoms with Crippen molar-refractivity contribution in [1.29, 1.82) is 0 Å². The van der Waals surface area contributed by atoms with Gasteiger partial charge in [-0.05, 0) is 6.07 Å². The van der Waals surface area contributed by atoms with E-state index in [1.807, 2.05) is 0 Å². The largest absolute Gasteiger partial charge is 0.385 e. The third-order valence-corrected chi connectivity index (χ3v) is 1.79. The Morgan fingerprint density at radius 2 is 2.31 bits per heavy atom. The van der Waals surface area contributed by atoms with Crippen LogP contribution in [0.3, 0.4) is 0 Å². The number of pyridine rings is 1. The van der Waals surface area contributed by atoms with Crippen molar-refractivity contribution in [3.63, 3.8) is 0 Å². The van der Waals surface area contributed by atoms with Crippen molar-refractivity contribution in [3.8, 4) is 0 Å². The average molecular weight is 233 g/mol. The van der Waals surface area contributed by atoms with E-state index in [0.717, 1.165) is 6.20 Å². The van der Waals surface area contributed by atoms with Gasteiger partial charge in [-0.15, -0.1) is 0 Å². The van der Waals surface area contributed by atoms with Crippen LogP contribution in [0.1, 0.15) is 0 Å². The lowest BCUT2D eigenvalue weighted by atomic mass is 10.3. The normalized spacial score (nSPS) is 12.5. The van der Waals surface area contributed by atoms with Gasteiger partial charge in [0.05, 0.1) is 4.92 Å². The number of aliphatic hydroxyl groups is 1. The molecule has 6 nitrogen and oxygen atoms in total. The number of hydrogen-bond donors (Lipinski definition) is 2. The van der Waals surface area contributed by atoms with Gasteiger partial charge in [-0.25, -0.2) is 8.78 Å². The molecule has 0 bridgehead atoms. The molecule has 2 N–H and O–H groups in total. The van der Waals surface area contributed by atoms with Crippen molar-refractivity contribution in [1.82, 2.24) is 4.98 Å². The summed E-state index contributed by atoms with van der Waals surface area (Å²) in [5, 5.41) is 21.7. The molecule has 0 amide bonds. The van der Waals surface area contributed by atoms with Gasteiger partial charge in [-0.2, -0.15) is 0 Å². The summed E-state index contributed by atoms with van der Waals surface area (Å²) in [6.07, 6.45) is -2.48. The van der Waals surface area contributed by atoms with Gasteiger partial charge in [0.15, 0.2) is 0 Å². The predicted molar refractivity (Wildman–Crippen MR) is 51.4 cm³/mol. The monoisotopic (exact) mass is 233 g/mol. The van der Waals surface area contributed by atoms with E-state index in [4.69, 9.17) is 5.11 Å². The van der Waals surface area contributed by atoms with E-state index in [9.17, 15) is 18.9 Å². The molecule has 88 valence electrons. The van der Waals surface area contributed by atoms with Crippen molar-refractivity contribution >= 4 is 11.4 Å². The van der Waals surface area contributed by atoms with Gasteiger partial charge in [-0.1, -0.05) is 0 Å². The van der Waals surface area contributed by atoms with Crippen molar-refractivity contribution in [3.05, 3.63) is 28.6 Å². The van der Waals surface area contributed by atoms with Gasteiger partial charge >= 0.3 is 5.69 Å². The lowest BCUT2D eigenvalue weighted by Gasteiger charge is -2.11. The van der Waals surface area contributed by atoms with E-state index in [1.54, 1.807) is 0 Å². The minimum absolute atomic E-state index is 0.0414. The molecule has 1 unspecified atom stereocenters. The van der Waals surface area contributed by atoms with E-state index in [-0.39, 0.29) is 11.4 Å². The molecule has 0 radical (unpaired) electrons. The van der Waals surface area contributed by atoms with Crippen molar-refractivity contribution in [2.75, 3.05) is 11.9 Å². The molecule has 0 spiro atoms. The quantitative estimate of drug-likeness (QED) is 0.585. The minimum Gasteiger partial charge on any atom is -0.385 e. The maximum atomic E-state index is 12.0. The van der Waals surface area contributed by atoms with Crippen molar-refractivity contribution < 1.29 is 18.8 Å². The summed E-state index contributed by atoms with van der Waals surface area (Å²) in [5.74, 6) is 0. The van der Waals surface area contributed by atoms with Crippen LogP contribution in [0.15, 0.2) is 18.5 Å². The smallest absolute Gasteiger partial charge is 0.310 e. The van der Waals surface area contributed by atoms with Crippen LogP contribution in [0.2, 0.25) is 0 Å². The number of aromatic nitrogens is 1. The first-order valence-corrected chi connectivity index (χ1v) is 4.31. The summed E-state index contributed by atoms with van der Waals surface area (Å²) >= 11 is 0. The Bertz CT molecular complexity index is 375. The van der Waals surface area contributed by atoms with E-state index in [1.165, 1.54) is 12.3 Å². The molecule has 8 heteroatoms. The third kappa shape index (κ3) is 3.09. The molecule has 1 atom stereocenters. The van der Waals surface area contributed by atoms with Gasteiger partial charge in [0.25, 0.3) is 6.43 Å². The molecule has 0 saturated heterocycles. The average Bonchev–Trinajstić information content (AvgIpc) is 2.25. The molecule has 0 aliphatic rings. The van der Waals surface area contributed by atoms with E-state index < -0.39 is 24.0 Å². The minimum atomic E-state index is -2.90. The highest BCUT2D eigenvalue weighted by Crippen LogP contribution is 2.21.